The molecule has 96 valence electrons. The predicted molar refractivity (Wildman–Crippen MR) is 62.9 cm³/mol. The summed E-state index contributed by atoms with van der Waals surface area (Å²) in [7, 11) is -0.201. The molecule has 1 aromatic heterocycles. The van der Waals surface area contributed by atoms with Crippen molar-refractivity contribution in [2.75, 3.05) is 27.0 Å². The second-order valence-corrected chi connectivity index (χ2v) is 5.45. The molecule has 1 aromatic rings. The summed E-state index contributed by atoms with van der Waals surface area (Å²) in [5.74, 6) is 0.310. The number of nitrogens with two attached hydrogens (primary N) is 1. The Morgan fingerprint density at radius 1 is 1.29 bits per heavy atom. The first-order valence-electron chi connectivity index (χ1n) is 4.86. The van der Waals surface area contributed by atoms with Crippen molar-refractivity contribution in [2.24, 2.45) is 5.73 Å². The minimum Gasteiger partial charge on any atom is -0.480 e. The number of nitrogens with zero attached hydrogens (tertiary/aromatic N) is 2. The molecular weight excluding hydrogens is 244 g/mol. The first-order valence-corrected chi connectivity index (χ1v) is 6.83. The molecular formula is C9H16N4O3S. The van der Waals surface area contributed by atoms with Gasteiger partial charge in [-0.1, -0.05) is 0 Å². The number of aromatic nitrogens is 2. The molecule has 1 unspecified atom stereocenters. The second kappa shape index (κ2) is 5.28. The van der Waals surface area contributed by atoms with Crippen molar-refractivity contribution in [3.63, 3.8) is 0 Å². The molecule has 0 aliphatic rings. The van der Waals surface area contributed by atoms with Crippen LogP contribution >= 0.6 is 0 Å². The molecule has 1 rings (SSSR count). The number of hydrogen-bond donors (Lipinski definition) is 2. The average Bonchev–Trinajstić information content (AvgIpc) is 2.27. The Morgan fingerprint density at radius 3 is 2.29 bits per heavy atom. The van der Waals surface area contributed by atoms with Crippen LogP contribution in [-0.4, -0.2) is 41.2 Å². The van der Waals surface area contributed by atoms with Crippen LogP contribution in [-0.2, 0) is 16.1 Å². The van der Waals surface area contributed by atoms with Gasteiger partial charge in [0.2, 0.25) is 10.9 Å². The molecule has 0 aromatic carbocycles. The Morgan fingerprint density at radius 2 is 1.88 bits per heavy atom. The summed E-state index contributed by atoms with van der Waals surface area (Å²) in [6.07, 6.45) is 1.72. The molecule has 0 spiro atoms. The third-order valence-corrected chi connectivity index (χ3v) is 3.01. The fourth-order valence-corrected chi connectivity index (χ4v) is 1.99. The maximum absolute atomic E-state index is 11.7. The number of methoxy groups -OCH3 is 2. The minimum absolute atomic E-state index is 0.0161. The molecule has 0 fully saturated rings. The Balaban J connectivity index is 3.43. The lowest BCUT2D eigenvalue weighted by molar-refractivity contribution is 0.354. The fraction of sp³-hybridized carbons (Fsp3) is 0.556. The Kier molecular flexibility index (Phi) is 4.24. The van der Waals surface area contributed by atoms with E-state index in [0.29, 0.717) is 18.7 Å². The van der Waals surface area contributed by atoms with Crippen molar-refractivity contribution in [1.82, 2.24) is 9.97 Å². The molecule has 0 saturated heterocycles. The summed E-state index contributed by atoms with van der Waals surface area (Å²) in [5.41, 5.74) is 5.97. The Hall–Kier alpha value is -1.41. The van der Waals surface area contributed by atoms with Gasteiger partial charge in [-0.25, -0.2) is 14.0 Å². The van der Waals surface area contributed by atoms with Crippen LogP contribution in [0.15, 0.2) is 5.03 Å². The lowest BCUT2D eigenvalue weighted by Crippen LogP contribution is -2.12. The third-order valence-electron chi connectivity index (χ3n) is 2.01. The highest BCUT2D eigenvalue weighted by Gasteiger charge is 2.19. The van der Waals surface area contributed by atoms with Crippen LogP contribution in [0.5, 0.6) is 11.8 Å². The van der Waals surface area contributed by atoms with Crippen LogP contribution in [0, 0.1) is 4.78 Å². The van der Waals surface area contributed by atoms with Gasteiger partial charge < -0.3 is 15.2 Å². The van der Waals surface area contributed by atoms with E-state index in [4.69, 9.17) is 20.0 Å². The standard InChI is InChI=1S/C9H16N4O3S/c1-15-7-6(4-5-10)12-8(16-2)9(13-7)17(3,11)14/h11H,4-5,10H2,1-3H3. The van der Waals surface area contributed by atoms with Gasteiger partial charge in [0.05, 0.1) is 23.9 Å². The van der Waals surface area contributed by atoms with Crippen molar-refractivity contribution in [1.29, 1.82) is 4.78 Å². The first-order chi connectivity index (χ1) is 7.93. The van der Waals surface area contributed by atoms with Crippen LogP contribution in [0.25, 0.3) is 0 Å². The second-order valence-electron chi connectivity index (χ2n) is 3.38. The third kappa shape index (κ3) is 3.04. The molecule has 1 heterocycles. The molecule has 7 nitrogen and oxygen atoms in total. The molecule has 0 saturated carbocycles. The van der Waals surface area contributed by atoms with Gasteiger partial charge in [0.25, 0.3) is 5.88 Å². The van der Waals surface area contributed by atoms with Crippen molar-refractivity contribution in [2.45, 2.75) is 11.4 Å². The van der Waals surface area contributed by atoms with E-state index in [1.807, 2.05) is 0 Å². The minimum atomic E-state index is -3.02. The summed E-state index contributed by atoms with van der Waals surface area (Å²) in [6, 6.07) is 0. The molecule has 8 heteroatoms. The van der Waals surface area contributed by atoms with Gasteiger partial charge in [-0.3, -0.25) is 0 Å². The van der Waals surface area contributed by atoms with Crippen LogP contribution in [0.1, 0.15) is 5.69 Å². The summed E-state index contributed by atoms with van der Waals surface area (Å²) in [5, 5.41) is -0.0161. The average molecular weight is 260 g/mol. The molecule has 0 amide bonds. The molecule has 0 radical (unpaired) electrons. The number of ether oxygens (including phenoxy) is 2. The van der Waals surface area contributed by atoms with E-state index < -0.39 is 9.73 Å². The molecule has 1 atom stereocenters. The van der Waals surface area contributed by atoms with Gasteiger partial charge in [-0.05, 0) is 6.54 Å². The maximum atomic E-state index is 11.7. The zero-order valence-corrected chi connectivity index (χ0v) is 10.8. The summed E-state index contributed by atoms with van der Waals surface area (Å²) < 4.78 is 29.3. The van der Waals surface area contributed by atoms with E-state index in [2.05, 4.69) is 9.97 Å². The molecule has 0 bridgehead atoms. The topological polar surface area (TPSA) is 111 Å². The quantitative estimate of drug-likeness (QED) is 0.772. The van der Waals surface area contributed by atoms with Gasteiger partial charge >= 0.3 is 0 Å². The van der Waals surface area contributed by atoms with Crippen LogP contribution < -0.4 is 15.2 Å². The lowest BCUT2D eigenvalue weighted by atomic mass is 10.3. The summed E-state index contributed by atoms with van der Waals surface area (Å²) in [6.45, 7) is 0.385. The van der Waals surface area contributed by atoms with Gasteiger partial charge in [0, 0.05) is 12.7 Å². The van der Waals surface area contributed by atoms with Gasteiger partial charge in [0.15, 0.2) is 0 Å². The lowest BCUT2D eigenvalue weighted by Gasteiger charge is -2.11. The summed E-state index contributed by atoms with van der Waals surface area (Å²) >= 11 is 0. The van der Waals surface area contributed by atoms with Crippen LogP contribution in [0.4, 0.5) is 0 Å². The van der Waals surface area contributed by atoms with E-state index in [9.17, 15) is 4.21 Å². The number of rotatable bonds is 5. The van der Waals surface area contributed by atoms with Crippen LogP contribution in [0.3, 0.4) is 0 Å². The zero-order chi connectivity index (χ0) is 13.1. The van der Waals surface area contributed by atoms with E-state index in [1.54, 1.807) is 0 Å². The first kappa shape index (κ1) is 13.7. The highest BCUT2D eigenvalue weighted by Crippen LogP contribution is 2.25. The number of nitrogens with one attached hydrogen (secondary N) is 1. The van der Waals surface area contributed by atoms with Crippen molar-refractivity contribution in [3.05, 3.63) is 5.69 Å². The fourth-order valence-electron chi connectivity index (χ4n) is 1.27. The van der Waals surface area contributed by atoms with E-state index in [1.165, 1.54) is 20.5 Å². The molecule has 3 N–H and O–H groups in total. The highest BCUT2D eigenvalue weighted by atomic mass is 32.2. The van der Waals surface area contributed by atoms with Crippen molar-refractivity contribution >= 4 is 9.73 Å². The largest absolute Gasteiger partial charge is 0.480 e. The van der Waals surface area contributed by atoms with Gasteiger partial charge in [-0.2, -0.15) is 4.98 Å². The molecule has 0 aliphatic heterocycles. The summed E-state index contributed by atoms with van der Waals surface area (Å²) in [4.78, 5) is 8.15. The van der Waals surface area contributed by atoms with E-state index >= 15 is 0 Å². The Labute approximate surface area is 100 Å². The SMILES string of the molecule is COc1nc(S(C)(=N)=O)c(OC)nc1CCN. The molecule has 17 heavy (non-hydrogen) atoms. The Bertz CT molecular complexity index is 501. The number of hydrogen-bond acceptors (Lipinski definition) is 7. The van der Waals surface area contributed by atoms with Gasteiger partial charge in [-0.15, -0.1) is 0 Å². The predicted octanol–water partition coefficient (Wildman–Crippen LogP) is 0.0305. The van der Waals surface area contributed by atoms with Gasteiger partial charge in [0.1, 0.15) is 5.69 Å². The maximum Gasteiger partial charge on any atom is 0.250 e. The van der Waals surface area contributed by atoms with Crippen molar-refractivity contribution < 1.29 is 13.7 Å². The monoisotopic (exact) mass is 260 g/mol. The van der Waals surface area contributed by atoms with Crippen LogP contribution in [0.2, 0.25) is 0 Å². The molecule has 0 aliphatic carbocycles. The zero-order valence-electron chi connectivity index (χ0n) is 10.0. The normalized spacial score (nSPS) is 14.1. The van der Waals surface area contributed by atoms with Crippen molar-refractivity contribution in [3.8, 4) is 11.8 Å². The smallest absolute Gasteiger partial charge is 0.250 e. The van der Waals surface area contributed by atoms with E-state index in [0.717, 1.165) is 0 Å². The highest BCUT2D eigenvalue weighted by molar-refractivity contribution is 7.91. The van der Waals surface area contributed by atoms with E-state index in [-0.39, 0.29) is 16.8 Å².